The summed E-state index contributed by atoms with van der Waals surface area (Å²) in [5, 5.41) is 25.2. The highest BCUT2D eigenvalue weighted by Crippen LogP contribution is 2.39. The summed E-state index contributed by atoms with van der Waals surface area (Å²) in [7, 11) is 0. The molecule has 11 heteroatoms. The zero-order valence-corrected chi connectivity index (χ0v) is 23.9. The van der Waals surface area contributed by atoms with Crippen molar-refractivity contribution in [2.24, 2.45) is 0 Å². The lowest BCUT2D eigenvalue weighted by Crippen LogP contribution is -2.20. The topological polar surface area (TPSA) is 124 Å². The van der Waals surface area contributed by atoms with Gasteiger partial charge in [-0.25, -0.2) is 4.39 Å². The zero-order chi connectivity index (χ0) is 28.6. The Kier molecular flexibility index (Phi) is 9.54. The third kappa shape index (κ3) is 6.87. The fourth-order valence-corrected chi connectivity index (χ4v) is 6.01. The average Bonchev–Trinajstić information content (AvgIpc) is 3.29. The summed E-state index contributed by atoms with van der Waals surface area (Å²) in [6, 6.07) is 12.7. The van der Waals surface area contributed by atoms with Crippen molar-refractivity contribution in [3.8, 4) is 23.6 Å². The Morgan fingerprint density at radius 2 is 1.88 bits per heavy atom. The number of nitrogens with zero attached hydrogens (tertiary/aromatic N) is 2. The molecule has 4 rings (SSSR count). The van der Waals surface area contributed by atoms with Gasteiger partial charge in [0, 0.05) is 10.6 Å². The van der Waals surface area contributed by atoms with Crippen LogP contribution in [0.2, 0.25) is 0 Å². The first-order valence-electron chi connectivity index (χ1n) is 12.4. The molecule has 1 aliphatic rings. The number of anilines is 2. The highest BCUT2D eigenvalue weighted by atomic mass is 79.9. The van der Waals surface area contributed by atoms with Gasteiger partial charge in [0.25, 0.3) is 11.8 Å². The van der Waals surface area contributed by atoms with Crippen molar-refractivity contribution in [1.82, 2.24) is 0 Å². The summed E-state index contributed by atoms with van der Waals surface area (Å²) in [6.07, 6.45) is 5.15. The van der Waals surface area contributed by atoms with E-state index in [4.69, 9.17) is 9.47 Å². The minimum absolute atomic E-state index is 0.156. The van der Waals surface area contributed by atoms with E-state index in [1.807, 2.05) is 6.07 Å². The van der Waals surface area contributed by atoms with Crippen LogP contribution in [-0.4, -0.2) is 25.0 Å². The maximum atomic E-state index is 13.1. The number of aryl methyl sites for hydroxylation is 1. The Balaban J connectivity index is 1.51. The van der Waals surface area contributed by atoms with Gasteiger partial charge in [0.05, 0.1) is 16.6 Å². The van der Waals surface area contributed by atoms with E-state index < -0.39 is 17.6 Å². The number of ether oxygens (including phenoxy) is 2. The maximum absolute atomic E-state index is 13.1. The number of hydrogen-bond acceptors (Lipinski definition) is 7. The smallest absolute Gasteiger partial charge is 0.266 e. The van der Waals surface area contributed by atoms with E-state index in [1.54, 1.807) is 19.1 Å². The number of thiophene rings is 1. The first kappa shape index (κ1) is 28.8. The molecule has 1 heterocycles. The summed E-state index contributed by atoms with van der Waals surface area (Å²) in [4.78, 5) is 26.4. The van der Waals surface area contributed by atoms with Crippen LogP contribution in [0.5, 0.6) is 11.5 Å². The number of carbonyl (C=O) groups is 2. The molecule has 2 amide bonds. The first-order valence-corrected chi connectivity index (χ1v) is 14.1. The van der Waals surface area contributed by atoms with Crippen LogP contribution in [-0.2, 0) is 22.4 Å². The van der Waals surface area contributed by atoms with Gasteiger partial charge in [0.2, 0.25) is 0 Å². The molecule has 0 atom stereocenters. The number of fused-ring (bicyclic) bond motifs is 1. The van der Waals surface area contributed by atoms with Gasteiger partial charge in [0.1, 0.15) is 28.5 Å². The van der Waals surface area contributed by atoms with Crippen LogP contribution in [0.1, 0.15) is 41.3 Å². The predicted molar refractivity (Wildman–Crippen MR) is 154 cm³/mol. The lowest BCUT2D eigenvalue weighted by atomic mass is 9.96. The van der Waals surface area contributed by atoms with E-state index in [9.17, 15) is 24.5 Å². The van der Waals surface area contributed by atoms with Gasteiger partial charge in [0.15, 0.2) is 18.1 Å². The molecular formula is C29H24BrFN4O4S. The van der Waals surface area contributed by atoms with Gasteiger partial charge in [-0.15, -0.1) is 11.3 Å². The number of nitriles is 2. The molecule has 8 nitrogen and oxygen atoms in total. The van der Waals surface area contributed by atoms with E-state index in [1.165, 1.54) is 41.7 Å². The number of carbonyl (C=O) groups excluding carboxylic acids is 2. The second-order valence-corrected chi connectivity index (χ2v) is 10.7. The van der Waals surface area contributed by atoms with Crippen LogP contribution in [0, 0.1) is 28.5 Å². The molecule has 3 aromatic rings. The largest absolute Gasteiger partial charge is 0.490 e. The van der Waals surface area contributed by atoms with Crippen LogP contribution < -0.4 is 20.1 Å². The van der Waals surface area contributed by atoms with Gasteiger partial charge in [-0.1, -0.05) is 0 Å². The normalized spacial score (nSPS) is 12.5. The van der Waals surface area contributed by atoms with Crippen molar-refractivity contribution in [3.05, 3.63) is 73.8 Å². The quantitative estimate of drug-likeness (QED) is 0.211. The van der Waals surface area contributed by atoms with E-state index in [2.05, 4.69) is 32.6 Å². The Morgan fingerprint density at radius 1 is 1.12 bits per heavy atom. The van der Waals surface area contributed by atoms with Crippen molar-refractivity contribution in [2.75, 3.05) is 23.8 Å². The van der Waals surface area contributed by atoms with Gasteiger partial charge < -0.3 is 20.1 Å². The van der Waals surface area contributed by atoms with Crippen LogP contribution in [0.3, 0.4) is 0 Å². The van der Waals surface area contributed by atoms with E-state index in [0.29, 0.717) is 38.6 Å². The summed E-state index contributed by atoms with van der Waals surface area (Å²) >= 11 is 4.81. The second kappa shape index (κ2) is 13.2. The molecule has 0 bridgehead atoms. The number of halogens is 2. The average molecular weight is 624 g/mol. The number of nitrogens with one attached hydrogen (secondary N) is 2. The van der Waals surface area contributed by atoms with Crippen LogP contribution in [0.25, 0.3) is 6.08 Å². The number of amides is 2. The molecule has 1 aliphatic carbocycles. The molecule has 1 aromatic heterocycles. The predicted octanol–water partition coefficient (Wildman–Crippen LogP) is 6.36. The molecule has 0 fully saturated rings. The Hall–Kier alpha value is -4.19. The summed E-state index contributed by atoms with van der Waals surface area (Å²) in [5.41, 5.74) is 2.21. The highest BCUT2D eigenvalue weighted by Gasteiger charge is 2.23. The standard InChI is InChI=1S/C29H24BrFN4O4S/c1-2-38-24-13-17(12-23(30)27(24)39-16-26(36)34-20-9-7-19(31)8-10-20)11-18(14-32)28(37)35-29-22(15-33)21-5-3-4-6-25(21)40-29/h7-13H,2-6,16H2,1H3,(H,34,36)(H,35,37)/b18-11+. The molecule has 204 valence electrons. The van der Waals surface area contributed by atoms with E-state index in [-0.39, 0.29) is 17.9 Å². The zero-order valence-electron chi connectivity index (χ0n) is 21.5. The van der Waals surface area contributed by atoms with E-state index >= 15 is 0 Å². The molecule has 2 aromatic carbocycles. The van der Waals surface area contributed by atoms with Gasteiger partial charge in [-0.05, 0) is 102 Å². The molecule has 2 N–H and O–H groups in total. The maximum Gasteiger partial charge on any atom is 0.266 e. The van der Waals surface area contributed by atoms with Gasteiger partial charge in [-0.2, -0.15) is 10.5 Å². The molecule has 0 saturated heterocycles. The molecule has 0 aliphatic heterocycles. The Morgan fingerprint density at radius 3 is 2.58 bits per heavy atom. The second-order valence-electron chi connectivity index (χ2n) is 8.76. The van der Waals surface area contributed by atoms with Crippen molar-refractivity contribution in [3.63, 3.8) is 0 Å². The SMILES string of the molecule is CCOc1cc(/C=C(\C#N)C(=O)Nc2sc3c(c2C#N)CCCC3)cc(Br)c1OCC(=O)Nc1ccc(F)cc1. The molecular weight excluding hydrogens is 599 g/mol. The molecule has 0 unspecified atom stereocenters. The highest BCUT2D eigenvalue weighted by molar-refractivity contribution is 9.10. The molecule has 0 saturated carbocycles. The van der Waals surface area contributed by atoms with Crippen molar-refractivity contribution in [2.45, 2.75) is 32.6 Å². The molecule has 40 heavy (non-hydrogen) atoms. The lowest BCUT2D eigenvalue weighted by Gasteiger charge is -2.15. The minimum Gasteiger partial charge on any atom is -0.490 e. The van der Waals surface area contributed by atoms with E-state index in [0.717, 1.165) is 36.1 Å². The van der Waals surface area contributed by atoms with Crippen LogP contribution >= 0.6 is 27.3 Å². The summed E-state index contributed by atoms with van der Waals surface area (Å²) in [6.45, 7) is 1.73. The fraction of sp³-hybridized carbons (Fsp3) is 0.241. The van der Waals surface area contributed by atoms with Crippen molar-refractivity contribution >= 4 is 55.8 Å². The lowest BCUT2D eigenvalue weighted by molar-refractivity contribution is -0.118. The summed E-state index contributed by atoms with van der Waals surface area (Å²) < 4.78 is 24.9. The third-order valence-corrected chi connectivity index (χ3v) is 7.79. The van der Waals surface area contributed by atoms with Crippen molar-refractivity contribution < 1.29 is 23.5 Å². The Labute approximate surface area is 243 Å². The van der Waals surface area contributed by atoms with Gasteiger partial charge >= 0.3 is 0 Å². The minimum atomic E-state index is -0.621. The number of benzene rings is 2. The van der Waals surface area contributed by atoms with Gasteiger partial charge in [-0.3, -0.25) is 9.59 Å². The van der Waals surface area contributed by atoms with Crippen molar-refractivity contribution in [1.29, 1.82) is 10.5 Å². The fourth-order valence-electron chi connectivity index (χ4n) is 4.20. The number of rotatable bonds is 9. The molecule has 0 radical (unpaired) electrons. The Bertz CT molecular complexity index is 1550. The monoisotopic (exact) mass is 622 g/mol. The molecule has 0 spiro atoms. The van der Waals surface area contributed by atoms with Crippen LogP contribution in [0.4, 0.5) is 15.1 Å². The third-order valence-electron chi connectivity index (χ3n) is 5.99. The number of hydrogen-bond donors (Lipinski definition) is 2. The van der Waals surface area contributed by atoms with Crippen LogP contribution in [0.15, 0.2) is 46.4 Å². The first-order chi connectivity index (χ1) is 19.3. The summed E-state index contributed by atoms with van der Waals surface area (Å²) in [5.74, 6) is -0.931.